The molecular weight excluding hydrogens is 190 g/mol. The van der Waals surface area contributed by atoms with Crippen molar-refractivity contribution in [2.75, 3.05) is 13.2 Å². The van der Waals surface area contributed by atoms with Gasteiger partial charge in [0.05, 0.1) is 12.5 Å². The van der Waals surface area contributed by atoms with E-state index in [1.165, 1.54) is 0 Å². The van der Waals surface area contributed by atoms with Crippen LogP contribution in [0.3, 0.4) is 0 Å². The van der Waals surface area contributed by atoms with Gasteiger partial charge in [0, 0.05) is 6.54 Å². The first kappa shape index (κ1) is 14.4. The van der Waals surface area contributed by atoms with E-state index in [1.54, 1.807) is 0 Å². The van der Waals surface area contributed by atoms with Gasteiger partial charge in [0.1, 0.15) is 0 Å². The minimum atomic E-state index is -0.154. The highest BCUT2D eigenvalue weighted by Gasteiger charge is 2.22. The lowest BCUT2D eigenvalue weighted by molar-refractivity contribution is -0.151. The predicted molar refractivity (Wildman–Crippen MR) is 62.4 cm³/mol. The zero-order valence-corrected chi connectivity index (χ0v) is 10.5. The van der Waals surface area contributed by atoms with Crippen molar-refractivity contribution in [2.24, 2.45) is 23.5 Å². The number of esters is 1. The van der Waals surface area contributed by atoms with E-state index in [0.29, 0.717) is 19.1 Å². The van der Waals surface area contributed by atoms with Gasteiger partial charge in [-0.1, -0.05) is 34.1 Å². The van der Waals surface area contributed by atoms with Gasteiger partial charge in [-0.2, -0.15) is 0 Å². The van der Waals surface area contributed by atoms with Crippen LogP contribution in [-0.2, 0) is 9.53 Å². The molecule has 2 atom stereocenters. The van der Waals surface area contributed by atoms with Crippen LogP contribution in [0.1, 0.15) is 40.5 Å². The molecule has 0 amide bonds. The average Bonchev–Trinajstić information content (AvgIpc) is 2.15. The minimum absolute atomic E-state index is 0.143. The number of ether oxygens (including phenoxy) is 1. The molecule has 0 radical (unpaired) electrons. The van der Waals surface area contributed by atoms with Crippen molar-refractivity contribution in [3.05, 3.63) is 0 Å². The van der Waals surface area contributed by atoms with Gasteiger partial charge in [-0.25, -0.2) is 0 Å². The van der Waals surface area contributed by atoms with Gasteiger partial charge in [-0.05, 0) is 18.3 Å². The molecule has 0 bridgehead atoms. The van der Waals surface area contributed by atoms with Crippen molar-refractivity contribution >= 4 is 5.97 Å². The summed E-state index contributed by atoms with van der Waals surface area (Å²) in [5.74, 6) is 0.405. The Bertz CT molecular complexity index is 180. The fourth-order valence-corrected chi connectivity index (χ4v) is 1.55. The summed E-state index contributed by atoms with van der Waals surface area (Å²) in [7, 11) is 0. The van der Waals surface area contributed by atoms with Gasteiger partial charge in [0.25, 0.3) is 0 Å². The smallest absolute Gasteiger partial charge is 0.310 e. The van der Waals surface area contributed by atoms with Crippen molar-refractivity contribution in [1.29, 1.82) is 0 Å². The number of hydrogen-bond acceptors (Lipinski definition) is 3. The third-order valence-corrected chi connectivity index (χ3v) is 2.65. The average molecular weight is 215 g/mol. The number of carbonyl (C=O) groups is 1. The van der Waals surface area contributed by atoms with Gasteiger partial charge >= 0.3 is 5.97 Å². The Hall–Kier alpha value is -0.570. The lowest BCUT2D eigenvalue weighted by Gasteiger charge is -2.19. The summed E-state index contributed by atoms with van der Waals surface area (Å²) in [6.45, 7) is 9.12. The quantitative estimate of drug-likeness (QED) is 0.662. The van der Waals surface area contributed by atoms with Crippen LogP contribution in [0.4, 0.5) is 0 Å². The molecule has 15 heavy (non-hydrogen) atoms. The van der Waals surface area contributed by atoms with Gasteiger partial charge in [-0.3, -0.25) is 4.79 Å². The van der Waals surface area contributed by atoms with E-state index in [1.807, 2.05) is 13.8 Å². The van der Waals surface area contributed by atoms with E-state index in [0.717, 1.165) is 12.8 Å². The minimum Gasteiger partial charge on any atom is -0.465 e. The molecule has 0 aromatic heterocycles. The van der Waals surface area contributed by atoms with E-state index in [9.17, 15) is 4.79 Å². The summed E-state index contributed by atoms with van der Waals surface area (Å²) < 4.78 is 5.25. The first-order chi connectivity index (χ1) is 7.02. The Kier molecular flexibility index (Phi) is 7.39. The molecule has 0 saturated heterocycles. The summed E-state index contributed by atoms with van der Waals surface area (Å²) in [6.07, 6.45) is 2.23. The second-order valence-corrected chi connectivity index (χ2v) is 4.61. The number of nitrogens with two attached hydrogens (primary N) is 1. The lowest BCUT2D eigenvalue weighted by Crippen LogP contribution is -2.30. The Balaban J connectivity index is 3.90. The largest absolute Gasteiger partial charge is 0.465 e. The molecule has 2 N–H and O–H groups in total. The normalized spacial score (nSPS) is 15.1. The molecule has 2 unspecified atom stereocenters. The maximum Gasteiger partial charge on any atom is 0.310 e. The van der Waals surface area contributed by atoms with E-state index in [-0.39, 0.29) is 17.8 Å². The van der Waals surface area contributed by atoms with Crippen LogP contribution < -0.4 is 5.73 Å². The molecule has 0 saturated carbocycles. The summed E-state index contributed by atoms with van der Waals surface area (Å²) >= 11 is 0. The highest BCUT2D eigenvalue weighted by molar-refractivity contribution is 5.72. The zero-order chi connectivity index (χ0) is 11.8. The molecule has 0 aliphatic heterocycles. The first-order valence-electron chi connectivity index (χ1n) is 5.89. The van der Waals surface area contributed by atoms with E-state index >= 15 is 0 Å². The van der Waals surface area contributed by atoms with Crippen molar-refractivity contribution in [3.63, 3.8) is 0 Å². The second kappa shape index (κ2) is 7.69. The summed E-state index contributed by atoms with van der Waals surface area (Å²) in [5, 5.41) is 0. The maximum absolute atomic E-state index is 11.6. The lowest BCUT2D eigenvalue weighted by atomic mass is 9.96. The maximum atomic E-state index is 11.6. The van der Waals surface area contributed by atoms with Crippen molar-refractivity contribution < 1.29 is 9.53 Å². The van der Waals surface area contributed by atoms with Crippen LogP contribution >= 0.6 is 0 Å². The summed E-state index contributed by atoms with van der Waals surface area (Å²) in [6, 6.07) is 0. The zero-order valence-electron chi connectivity index (χ0n) is 10.5. The van der Waals surface area contributed by atoms with Gasteiger partial charge in [-0.15, -0.1) is 0 Å². The van der Waals surface area contributed by atoms with Gasteiger partial charge in [0.15, 0.2) is 0 Å². The van der Waals surface area contributed by atoms with Crippen LogP contribution in [0.2, 0.25) is 0 Å². The van der Waals surface area contributed by atoms with E-state index in [4.69, 9.17) is 10.5 Å². The van der Waals surface area contributed by atoms with Crippen LogP contribution in [0.25, 0.3) is 0 Å². The van der Waals surface area contributed by atoms with Crippen LogP contribution in [0.15, 0.2) is 0 Å². The topological polar surface area (TPSA) is 52.3 Å². The van der Waals surface area contributed by atoms with Gasteiger partial charge in [0.2, 0.25) is 0 Å². The van der Waals surface area contributed by atoms with Crippen LogP contribution in [-0.4, -0.2) is 19.1 Å². The molecule has 90 valence electrons. The SMILES string of the molecule is CCCC(C)COC(=O)C(CN)C(C)C. The molecule has 0 aromatic rings. The molecule has 0 heterocycles. The third-order valence-electron chi connectivity index (χ3n) is 2.65. The molecule has 3 nitrogen and oxygen atoms in total. The predicted octanol–water partition coefficient (Wildman–Crippen LogP) is 2.20. The van der Waals surface area contributed by atoms with Gasteiger partial charge < -0.3 is 10.5 Å². The Morgan fingerprint density at radius 3 is 2.33 bits per heavy atom. The molecular formula is C12H25NO2. The molecule has 0 rings (SSSR count). The summed E-state index contributed by atoms with van der Waals surface area (Å²) in [4.78, 5) is 11.6. The number of carbonyl (C=O) groups excluding carboxylic acids is 1. The van der Waals surface area contributed by atoms with Crippen LogP contribution in [0, 0.1) is 17.8 Å². The third kappa shape index (κ3) is 5.78. The Labute approximate surface area is 93.4 Å². The molecule has 3 heteroatoms. The molecule has 0 aromatic carbocycles. The first-order valence-corrected chi connectivity index (χ1v) is 5.89. The standard InChI is InChI=1S/C12H25NO2/c1-5-6-10(4)8-15-12(14)11(7-13)9(2)3/h9-11H,5-8,13H2,1-4H3. The van der Waals surface area contributed by atoms with Crippen molar-refractivity contribution in [1.82, 2.24) is 0 Å². The fourth-order valence-electron chi connectivity index (χ4n) is 1.55. The molecule has 0 aliphatic rings. The highest BCUT2D eigenvalue weighted by atomic mass is 16.5. The van der Waals surface area contributed by atoms with Crippen LogP contribution in [0.5, 0.6) is 0 Å². The molecule has 0 spiro atoms. The number of hydrogen-bond donors (Lipinski definition) is 1. The van der Waals surface area contributed by atoms with Crippen molar-refractivity contribution in [3.8, 4) is 0 Å². The fraction of sp³-hybridized carbons (Fsp3) is 0.917. The number of rotatable bonds is 7. The summed E-state index contributed by atoms with van der Waals surface area (Å²) in [5.41, 5.74) is 5.54. The van der Waals surface area contributed by atoms with E-state index in [2.05, 4.69) is 13.8 Å². The Morgan fingerprint density at radius 1 is 1.33 bits per heavy atom. The highest BCUT2D eigenvalue weighted by Crippen LogP contribution is 2.13. The molecule has 0 fully saturated rings. The molecule has 0 aliphatic carbocycles. The monoisotopic (exact) mass is 215 g/mol. The van der Waals surface area contributed by atoms with E-state index < -0.39 is 0 Å². The Morgan fingerprint density at radius 2 is 1.93 bits per heavy atom. The van der Waals surface area contributed by atoms with Crippen molar-refractivity contribution in [2.45, 2.75) is 40.5 Å². The second-order valence-electron chi connectivity index (χ2n) is 4.61.